The van der Waals surface area contributed by atoms with E-state index in [4.69, 9.17) is 4.74 Å². The van der Waals surface area contributed by atoms with Gasteiger partial charge in [-0.25, -0.2) is 4.98 Å². The van der Waals surface area contributed by atoms with Gasteiger partial charge in [-0.05, 0) is 51.4 Å². The minimum absolute atomic E-state index is 0.632. The number of ether oxygens (including phenoxy) is 1. The van der Waals surface area contributed by atoms with Crippen LogP contribution in [0, 0.1) is 3.57 Å². The average Bonchev–Trinajstić information content (AvgIpc) is 3.06. The van der Waals surface area contributed by atoms with Crippen LogP contribution in [0.3, 0.4) is 0 Å². The van der Waals surface area contributed by atoms with Crippen LogP contribution in [0.5, 0.6) is 5.88 Å². The number of nitrogens with one attached hydrogen (secondary N) is 1. The zero-order valence-electron chi connectivity index (χ0n) is 8.68. The standard InChI is InChI=1S/C11H10BrIN2O/c1-16-11-7(12)10-6(4-14-11)8(13)9(15-10)5-2-3-5/h4-5,15H,2-3H2,1H3. The van der Waals surface area contributed by atoms with Gasteiger partial charge >= 0.3 is 0 Å². The maximum absolute atomic E-state index is 5.20. The van der Waals surface area contributed by atoms with Crippen molar-refractivity contribution in [2.24, 2.45) is 0 Å². The van der Waals surface area contributed by atoms with E-state index in [1.54, 1.807) is 7.11 Å². The van der Waals surface area contributed by atoms with E-state index in [1.165, 1.54) is 27.5 Å². The lowest BCUT2D eigenvalue weighted by Crippen LogP contribution is -1.88. The number of aromatic amines is 1. The number of hydrogen-bond acceptors (Lipinski definition) is 2. The molecule has 0 saturated heterocycles. The van der Waals surface area contributed by atoms with Gasteiger partial charge < -0.3 is 9.72 Å². The van der Waals surface area contributed by atoms with E-state index in [9.17, 15) is 0 Å². The summed E-state index contributed by atoms with van der Waals surface area (Å²) in [5, 5.41) is 1.18. The van der Waals surface area contributed by atoms with Gasteiger partial charge in [-0.3, -0.25) is 0 Å². The van der Waals surface area contributed by atoms with E-state index in [2.05, 4.69) is 48.5 Å². The molecule has 0 spiro atoms. The molecule has 2 aromatic heterocycles. The number of methoxy groups -OCH3 is 1. The fraction of sp³-hybridized carbons (Fsp3) is 0.364. The molecule has 2 heterocycles. The molecule has 2 aromatic rings. The van der Waals surface area contributed by atoms with Gasteiger partial charge in [0, 0.05) is 26.8 Å². The van der Waals surface area contributed by atoms with E-state index in [-0.39, 0.29) is 0 Å². The lowest BCUT2D eigenvalue weighted by atomic mass is 10.2. The predicted octanol–water partition coefficient (Wildman–Crippen LogP) is 3.82. The molecule has 0 bridgehead atoms. The van der Waals surface area contributed by atoms with Gasteiger partial charge in [-0.1, -0.05) is 0 Å². The maximum Gasteiger partial charge on any atom is 0.229 e. The molecular weight excluding hydrogens is 383 g/mol. The van der Waals surface area contributed by atoms with Crippen molar-refractivity contribution in [2.75, 3.05) is 7.11 Å². The molecule has 1 aliphatic carbocycles. The molecule has 0 radical (unpaired) electrons. The Morgan fingerprint density at radius 3 is 2.94 bits per heavy atom. The van der Waals surface area contributed by atoms with Gasteiger partial charge in [0.25, 0.3) is 0 Å². The summed E-state index contributed by atoms with van der Waals surface area (Å²) in [6, 6.07) is 0. The van der Waals surface area contributed by atoms with E-state index in [1.807, 2.05) is 6.20 Å². The van der Waals surface area contributed by atoms with Crippen LogP contribution in [0.15, 0.2) is 10.7 Å². The van der Waals surface area contributed by atoms with Gasteiger partial charge in [0.05, 0.1) is 12.6 Å². The second-order valence-corrected chi connectivity index (χ2v) is 5.87. The summed E-state index contributed by atoms with van der Waals surface area (Å²) in [4.78, 5) is 7.78. The quantitative estimate of drug-likeness (QED) is 0.789. The molecule has 1 aliphatic rings. The highest BCUT2D eigenvalue weighted by Crippen LogP contribution is 2.45. The van der Waals surface area contributed by atoms with Crippen LogP contribution in [0.2, 0.25) is 0 Å². The van der Waals surface area contributed by atoms with E-state index in [0.29, 0.717) is 5.88 Å². The fourth-order valence-electron chi connectivity index (χ4n) is 1.89. The highest BCUT2D eigenvalue weighted by molar-refractivity contribution is 14.1. The lowest BCUT2D eigenvalue weighted by molar-refractivity contribution is 0.396. The summed E-state index contributed by atoms with van der Waals surface area (Å²) in [7, 11) is 1.63. The summed E-state index contributed by atoms with van der Waals surface area (Å²) in [6.45, 7) is 0. The Kier molecular flexibility index (Phi) is 2.62. The van der Waals surface area contributed by atoms with Gasteiger partial charge in [-0.15, -0.1) is 0 Å². The summed E-state index contributed by atoms with van der Waals surface area (Å²) < 4.78 is 7.41. The Balaban J connectivity index is 2.28. The smallest absolute Gasteiger partial charge is 0.229 e. The summed E-state index contributed by atoms with van der Waals surface area (Å²) in [6.07, 6.45) is 4.47. The molecule has 3 nitrogen and oxygen atoms in total. The second kappa shape index (κ2) is 3.87. The molecule has 1 fully saturated rings. The van der Waals surface area contributed by atoms with Crippen molar-refractivity contribution in [3.8, 4) is 5.88 Å². The number of hydrogen-bond donors (Lipinski definition) is 1. The monoisotopic (exact) mass is 392 g/mol. The number of nitrogens with zero attached hydrogens (tertiary/aromatic N) is 1. The molecule has 84 valence electrons. The zero-order valence-corrected chi connectivity index (χ0v) is 12.4. The Morgan fingerprint density at radius 2 is 2.31 bits per heavy atom. The molecule has 0 aromatic carbocycles. The second-order valence-electron chi connectivity index (χ2n) is 4.00. The average molecular weight is 393 g/mol. The van der Waals surface area contributed by atoms with Crippen LogP contribution in [-0.2, 0) is 0 Å². The van der Waals surface area contributed by atoms with Gasteiger partial charge in [0.15, 0.2) is 0 Å². The molecule has 0 amide bonds. The minimum Gasteiger partial charge on any atom is -0.480 e. The third kappa shape index (κ3) is 1.55. The van der Waals surface area contributed by atoms with Gasteiger partial charge in [0.2, 0.25) is 5.88 Å². The number of rotatable bonds is 2. The van der Waals surface area contributed by atoms with E-state index >= 15 is 0 Å². The Bertz CT molecular complexity index is 563. The first-order chi connectivity index (χ1) is 7.72. The number of halogens is 2. The minimum atomic E-state index is 0.632. The highest BCUT2D eigenvalue weighted by atomic mass is 127. The SMILES string of the molecule is COc1ncc2c(I)c(C3CC3)[nH]c2c1Br. The third-order valence-corrected chi connectivity index (χ3v) is 4.80. The fourth-order valence-corrected chi connectivity index (χ4v) is 3.45. The summed E-state index contributed by atoms with van der Waals surface area (Å²) in [5.74, 6) is 1.35. The number of H-pyrrole nitrogens is 1. The van der Waals surface area contributed by atoms with Crippen molar-refractivity contribution >= 4 is 49.4 Å². The summed E-state index contributed by atoms with van der Waals surface area (Å²) in [5.41, 5.74) is 2.45. The molecule has 1 saturated carbocycles. The van der Waals surface area contributed by atoms with Crippen LogP contribution >= 0.6 is 38.5 Å². The van der Waals surface area contributed by atoms with Crippen LogP contribution in [0.25, 0.3) is 10.9 Å². The van der Waals surface area contributed by atoms with Crippen molar-refractivity contribution in [1.82, 2.24) is 9.97 Å². The van der Waals surface area contributed by atoms with Crippen molar-refractivity contribution in [3.05, 3.63) is 19.9 Å². The molecule has 1 N–H and O–H groups in total. The first-order valence-electron chi connectivity index (χ1n) is 5.12. The van der Waals surface area contributed by atoms with Crippen molar-refractivity contribution < 1.29 is 4.74 Å². The molecule has 0 unspecified atom stereocenters. The van der Waals surface area contributed by atoms with E-state index in [0.717, 1.165) is 15.9 Å². The zero-order chi connectivity index (χ0) is 11.3. The topological polar surface area (TPSA) is 37.9 Å². The van der Waals surface area contributed by atoms with Crippen molar-refractivity contribution in [3.63, 3.8) is 0 Å². The lowest BCUT2D eigenvalue weighted by Gasteiger charge is -2.01. The number of aromatic nitrogens is 2. The Labute approximate surface area is 115 Å². The molecule has 0 atom stereocenters. The maximum atomic E-state index is 5.20. The van der Waals surface area contributed by atoms with Crippen LogP contribution in [0.4, 0.5) is 0 Å². The van der Waals surface area contributed by atoms with Crippen LogP contribution in [0.1, 0.15) is 24.5 Å². The molecule has 16 heavy (non-hydrogen) atoms. The number of pyridine rings is 1. The van der Waals surface area contributed by atoms with Crippen molar-refractivity contribution in [1.29, 1.82) is 0 Å². The van der Waals surface area contributed by atoms with Crippen LogP contribution < -0.4 is 4.74 Å². The molecular formula is C11H10BrIN2O. The molecule has 0 aliphatic heterocycles. The number of fused-ring (bicyclic) bond motifs is 1. The van der Waals surface area contributed by atoms with E-state index < -0.39 is 0 Å². The highest BCUT2D eigenvalue weighted by Gasteiger charge is 2.29. The molecule has 5 heteroatoms. The first kappa shape index (κ1) is 10.8. The predicted molar refractivity (Wildman–Crippen MR) is 75.0 cm³/mol. The molecule has 3 rings (SSSR count). The summed E-state index contributed by atoms with van der Waals surface area (Å²) >= 11 is 5.93. The normalized spacial score (nSPS) is 15.7. The Morgan fingerprint density at radius 1 is 1.56 bits per heavy atom. The Hall–Kier alpha value is -0.300. The van der Waals surface area contributed by atoms with Gasteiger partial charge in [0.1, 0.15) is 4.47 Å². The first-order valence-corrected chi connectivity index (χ1v) is 6.99. The third-order valence-electron chi connectivity index (χ3n) is 2.90. The largest absolute Gasteiger partial charge is 0.480 e. The van der Waals surface area contributed by atoms with Crippen molar-refractivity contribution in [2.45, 2.75) is 18.8 Å². The van der Waals surface area contributed by atoms with Crippen LogP contribution in [-0.4, -0.2) is 17.1 Å². The van der Waals surface area contributed by atoms with Gasteiger partial charge in [-0.2, -0.15) is 0 Å².